The molecule has 7 nitrogen and oxygen atoms in total. The van der Waals surface area contributed by atoms with Crippen LogP contribution in [-0.2, 0) is 6.42 Å². The molecule has 0 aliphatic carbocycles. The molecule has 4 aromatic rings. The summed E-state index contributed by atoms with van der Waals surface area (Å²) in [6.45, 7) is 1.95. The van der Waals surface area contributed by atoms with Gasteiger partial charge < -0.3 is 16.2 Å². The molecule has 4 rings (SSSR count). The molecule has 0 bridgehead atoms. The van der Waals surface area contributed by atoms with Gasteiger partial charge in [0, 0.05) is 23.4 Å². The number of para-hydroxylation sites is 1. The number of hydrogen-bond acceptors (Lipinski definition) is 6. The first-order valence-electron chi connectivity index (χ1n) is 10.2. The molecule has 0 spiro atoms. The Hall–Kier alpha value is -4.33. The smallest absolute Gasteiger partial charge is 0.250 e. The minimum absolute atomic E-state index is 0.101. The van der Waals surface area contributed by atoms with E-state index in [1.165, 1.54) is 12.4 Å². The highest BCUT2D eigenvalue weighted by Gasteiger charge is 2.15. The Morgan fingerprint density at radius 1 is 1.09 bits per heavy atom. The number of Topliss-reactive ketones (excluding diaryl/α,β-unsaturated/α-hetero) is 1. The fraction of sp³-hybridized carbons (Fsp3) is 0.120. The summed E-state index contributed by atoms with van der Waals surface area (Å²) in [6.07, 6.45) is 1.47. The average Bonchev–Trinajstić information content (AvgIpc) is 2.80. The second-order valence-corrected chi connectivity index (χ2v) is 7.67. The lowest BCUT2D eigenvalue weighted by atomic mass is 9.99. The van der Waals surface area contributed by atoms with Crippen LogP contribution in [0.25, 0.3) is 10.9 Å². The normalized spacial score (nSPS) is 11.8. The molecule has 8 heteroatoms. The molecular weight excluding hydrogens is 423 g/mol. The summed E-state index contributed by atoms with van der Waals surface area (Å²) < 4.78 is 13.3. The van der Waals surface area contributed by atoms with Crippen LogP contribution < -0.4 is 11.1 Å². The van der Waals surface area contributed by atoms with E-state index in [1.54, 1.807) is 12.1 Å². The maximum absolute atomic E-state index is 13.3. The van der Waals surface area contributed by atoms with Crippen molar-refractivity contribution in [1.82, 2.24) is 9.97 Å². The number of aromatic nitrogens is 2. The molecule has 1 heterocycles. The Morgan fingerprint density at radius 3 is 2.64 bits per heavy atom. The summed E-state index contributed by atoms with van der Waals surface area (Å²) in [7, 11) is 0. The number of amides is 1. The third kappa shape index (κ3) is 4.64. The van der Waals surface area contributed by atoms with Gasteiger partial charge in [0.05, 0.1) is 11.1 Å². The van der Waals surface area contributed by atoms with Gasteiger partial charge in [0.25, 0.3) is 5.91 Å². The molecule has 0 radical (unpaired) electrons. The Bertz CT molecular complexity index is 1370. The number of nitrogens with two attached hydrogens (primary N) is 1. The molecule has 166 valence electrons. The summed E-state index contributed by atoms with van der Waals surface area (Å²) in [5.41, 5.74) is 8.18. The van der Waals surface area contributed by atoms with Crippen LogP contribution in [0.3, 0.4) is 0 Å². The molecule has 0 aliphatic rings. The van der Waals surface area contributed by atoms with Gasteiger partial charge in [-0.1, -0.05) is 30.3 Å². The second-order valence-electron chi connectivity index (χ2n) is 7.67. The van der Waals surface area contributed by atoms with Crippen LogP contribution >= 0.6 is 0 Å². The van der Waals surface area contributed by atoms with E-state index in [1.807, 2.05) is 37.3 Å². The van der Waals surface area contributed by atoms with Crippen molar-refractivity contribution in [3.63, 3.8) is 0 Å². The van der Waals surface area contributed by atoms with Crippen LogP contribution in [0, 0.1) is 5.82 Å². The number of nitrogens with one attached hydrogen (secondary N) is 1. The zero-order valence-electron chi connectivity index (χ0n) is 17.7. The molecule has 1 aromatic heterocycles. The maximum Gasteiger partial charge on any atom is 0.250 e. The number of rotatable bonds is 7. The third-order valence-electron chi connectivity index (χ3n) is 5.37. The number of phenols is 1. The lowest BCUT2D eigenvalue weighted by molar-refractivity contribution is 0.0987. The molecular formula is C25H21FN4O3. The first-order valence-corrected chi connectivity index (χ1v) is 10.2. The summed E-state index contributed by atoms with van der Waals surface area (Å²) >= 11 is 0. The maximum atomic E-state index is 13.3. The van der Waals surface area contributed by atoms with Gasteiger partial charge in [0.1, 0.15) is 12.1 Å². The van der Waals surface area contributed by atoms with Crippen molar-refractivity contribution in [2.24, 2.45) is 5.73 Å². The van der Waals surface area contributed by atoms with E-state index in [0.717, 1.165) is 23.3 Å². The SMILES string of the molecule is C[C@@H](Nc1ncnc2c(C(N)=O)cccc12)c1cccc(CC(=O)c2ccc(F)c(O)c2)c1. The number of nitrogens with zero attached hydrogens (tertiary/aromatic N) is 2. The summed E-state index contributed by atoms with van der Waals surface area (Å²) in [6, 6.07) is 16.0. The molecule has 33 heavy (non-hydrogen) atoms. The Labute approximate surface area is 189 Å². The monoisotopic (exact) mass is 444 g/mol. The fourth-order valence-corrected chi connectivity index (χ4v) is 3.64. The number of primary amides is 1. The first-order chi connectivity index (χ1) is 15.8. The minimum atomic E-state index is -0.770. The van der Waals surface area contributed by atoms with E-state index >= 15 is 0 Å². The van der Waals surface area contributed by atoms with Crippen LogP contribution in [0.4, 0.5) is 10.2 Å². The number of benzene rings is 3. The third-order valence-corrected chi connectivity index (χ3v) is 5.37. The van der Waals surface area contributed by atoms with Crippen molar-refractivity contribution < 1.29 is 19.1 Å². The molecule has 0 saturated heterocycles. The highest BCUT2D eigenvalue weighted by molar-refractivity contribution is 6.06. The zero-order valence-corrected chi connectivity index (χ0v) is 17.7. The molecule has 1 atom stereocenters. The molecule has 0 saturated carbocycles. The number of hydrogen-bond donors (Lipinski definition) is 3. The van der Waals surface area contributed by atoms with Crippen molar-refractivity contribution in [1.29, 1.82) is 0 Å². The van der Waals surface area contributed by atoms with Crippen molar-refractivity contribution >= 4 is 28.4 Å². The van der Waals surface area contributed by atoms with E-state index in [9.17, 15) is 19.1 Å². The van der Waals surface area contributed by atoms with Crippen molar-refractivity contribution in [2.45, 2.75) is 19.4 Å². The Balaban J connectivity index is 1.55. The number of carbonyl (C=O) groups is 2. The molecule has 0 unspecified atom stereocenters. The molecule has 4 N–H and O–H groups in total. The minimum Gasteiger partial charge on any atom is -0.505 e. The van der Waals surface area contributed by atoms with E-state index in [2.05, 4.69) is 15.3 Å². The van der Waals surface area contributed by atoms with Gasteiger partial charge in [-0.2, -0.15) is 0 Å². The highest BCUT2D eigenvalue weighted by atomic mass is 19.1. The Kier molecular flexibility index (Phi) is 5.99. The summed E-state index contributed by atoms with van der Waals surface area (Å²) in [5.74, 6) is -1.56. The lowest BCUT2D eigenvalue weighted by Gasteiger charge is -2.17. The second kappa shape index (κ2) is 9.04. The zero-order chi connectivity index (χ0) is 23.5. The van der Waals surface area contributed by atoms with E-state index in [0.29, 0.717) is 22.3 Å². The summed E-state index contributed by atoms with van der Waals surface area (Å²) in [5, 5.41) is 13.5. The predicted molar refractivity (Wildman–Crippen MR) is 123 cm³/mol. The van der Waals surface area contributed by atoms with E-state index < -0.39 is 17.5 Å². The first kappa shape index (κ1) is 21.9. The van der Waals surface area contributed by atoms with Gasteiger partial charge in [0.15, 0.2) is 17.3 Å². The van der Waals surface area contributed by atoms with Crippen LogP contribution in [-0.4, -0.2) is 26.8 Å². The van der Waals surface area contributed by atoms with E-state index in [-0.39, 0.29) is 23.8 Å². The standard InChI is InChI=1S/C25H21FN4O3/c1-14(30-25-19-7-3-6-18(24(27)33)23(19)28-13-29-25)16-5-2-4-15(10-16)11-21(31)17-8-9-20(26)22(32)12-17/h2-10,12-14,32H,11H2,1H3,(H2,27,33)(H,28,29,30)/t14-/m1/s1. The van der Waals surface area contributed by atoms with Gasteiger partial charge in [-0.05, 0) is 48.4 Å². The number of halogens is 1. The summed E-state index contributed by atoms with van der Waals surface area (Å²) in [4.78, 5) is 32.8. The van der Waals surface area contributed by atoms with Crippen LogP contribution in [0.5, 0.6) is 5.75 Å². The fourth-order valence-electron chi connectivity index (χ4n) is 3.64. The van der Waals surface area contributed by atoms with Gasteiger partial charge in [-0.15, -0.1) is 0 Å². The van der Waals surface area contributed by atoms with Crippen molar-refractivity contribution in [2.75, 3.05) is 5.32 Å². The largest absolute Gasteiger partial charge is 0.505 e. The number of ketones is 1. The van der Waals surface area contributed by atoms with Gasteiger partial charge >= 0.3 is 0 Å². The van der Waals surface area contributed by atoms with Crippen LogP contribution in [0.15, 0.2) is 67.0 Å². The molecule has 0 fully saturated rings. The van der Waals surface area contributed by atoms with Gasteiger partial charge in [0.2, 0.25) is 0 Å². The number of fused-ring (bicyclic) bond motifs is 1. The molecule has 1 amide bonds. The lowest BCUT2D eigenvalue weighted by Crippen LogP contribution is -2.13. The van der Waals surface area contributed by atoms with Crippen LogP contribution in [0.2, 0.25) is 0 Å². The van der Waals surface area contributed by atoms with Crippen LogP contribution in [0.1, 0.15) is 44.8 Å². The van der Waals surface area contributed by atoms with Gasteiger partial charge in [-0.25, -0.2) is 14.4 Å². The average molecular weight is 444 g/mol. The van der Waals surface area contributed by atoms with Crippen molar-refractivity contribution in [3.8, 4) is 5.75 Å². The predicted octanol–water partition coefficient (Wildman–Crippen LogP) is 4.17. The molecule has 0 aliphatic heterocycles. The van der Waals surface area contributed by atoms with Gasteiger partial charge in [-0.3, -0.25) is 9.59 Å². The highest BCUT2D eigenvalue weighted by Crippen LogP contribution is 2.26. The number of phenolic OH excluding ortho intramolecular Hbond substituents is 1. The quantitative estimate of drug-likeness (QED) is 0.368. The van der Waals surface area contributed by atoms with Crippen molar-refractivity contribution in [3.05, 3.63) is 95.1 Å². The Morgan fingerprint density at radius 2 is 1.88 bits per heavy atom. The number of carbonyl (C=O) groups excluding carboxylic acids is 2. The number of anilines is 1. The number of aromatic hydroxyl groups is 1. The molecule has 3 aromatic carbocycles. The topological polar surface area (TPSA) is 118 Å². The van der Waals surface area contributed by atoms with E-state index in [4.69, 9.17) is 5.73 Å².